The molecular weight excluding hydrogens is 264 g/mol. The van der Waals surface area contributed by atoms with Crippen molar-refractivity contribution in [3.05, 3.63) is 52.3 Å². The van der Waals surface area contributed by atoms with Crippen molar-refractivity contribution < 1.29 is 0 Å². The van der Waals surface area contributed by atoms with Gasteiger partial charge in [0, 0.05) is 5.92 Å². The average Bonchev–Trinajstić information content (AvgIpc) is 2.51. The summed E-state index contributed by atoms with van der Waals surface area (Å²) in [5.41, 5.74) is 9.16. The molecule has 0 amide bonds. The second-order valence-electron chi connectivity index (χ2n) is 6.61. The average molecular weight is 299 g/mol. The lowest BCUT2D eigenvalue weighted by Crippen LogP contribution is -2.11. The first-order valence-corrected chi connectivity index (χ1v) is 8.98. The molecule has 0 saturated carbocycles. The van der Waals surface area contributed by atoms with Crippen LogP contribution in [0.4, 0.5) is 0 Å². The summed E-state index contributed by atoms with van der Waals surface area (Å²) in [4.78, 5) is 0. The lowest BCUT2D eigenvalue weighted by Gasteiger charge is -2.22. The van der Waals surface area contributed by atoms with E-state index in [9.17, 15) is 0 Å². The Kier molecular flexibility index (Phi) is 7.69. The third-order valence-corrected chi connectivity index (χ3v) is 5.19. The standard InChI is InChI=1S/C22H34/c1-8-16(5)21-14-18(7)22(17(6)9-2)13-12-20(15-21)19(10-3)11-4/h8,12,14-15,17,19-20H,9-11H2,1-7H3. The van der Waals surface area contributed by atoms with Crippen LogP contribution >= 0.6 is 0 Å². The van der Waals surface area contributed by atoms with Crippen LogP contribution in [0.5, 0.6) is 0 Å². The topological polar surface area (TPSA) is 0 Å². The van der Waals surface area contributed by atoms with E-state index in [1.165, 1.54) is 41.6 Å². The van der Waals surface area contributed by atoms with E-state index in [4.69, 9.17) is 0 Å². The van der Waals surface area contributed by atoms with Crippen LogP contribution in [0.2, 0.25) is 0 Å². The molecule has 0 radical (unpaired) electrons. The quantitative estimate of drug-likeness (QED) is 0.462. The normalized spacial score (nSPS) is 21.0. The summed E-state index contributed by atoms with van der Waals surface area (Å²) in [6.07, 6.45) is 13.0. The lowest BCUT2D eigenvalue weighted by atomic mass is 9.82. The van der Waals surface area contributed by atoms with Crippen LogP contribution in [0, 0.1) is 17.8 Å². The van der Waals surface area contributed by atoms with Gasteiger partial charge >= 0.3 is 0 Å². The molecule has 0 aromatic carbocycles. The molecule has 1 aliphatic rings. The van der Waals surface area contributed by atoms with Crippen LogP contribution in [0.25, 0.3) is 0 Å². The molecule has 22 heavy (non-hydrogen) atoms. The van der Waals surface area contributed by atoms with E-state index in [2.05, 4.69) is 78.5 Å². The Labute approximate surface area is 138 Å². The molecule has 1 rings (SSSR count). The second-order valence-corrected chi connectivity index (χ2v) is 6.61. The Balaban J connectivity index is 3.42. The fraction of sp³-hybridized carbons (Fsp3) is 0.591. The zero-order valence-corrected chi connectivity index (χ0v) is 15.7. The van der Waals surface area contributed by atoms with Crippen LogP contribution in [-0.2, 0) is 0 Å². The van der Waals surface area contributed by atoms with Gasteiger partial charge < -0.3 is 0 Å². The van der Waals surface area contributed by atoms with Crippen LogP contribution in [-0.4, -0.2) is 0 Å². The smallest absolute Gasteiger partial charge is 0.00597 e. The maximum absolute atomic E-state index is 3.66. The predicted octanol–water partition coefficient (Wildman–Crippen LogP) is 7.02. The molecule has 0 fully saturated rings. The fourth-order valence-corrected chi connectivity index (χ4v) is 3.17. The minimum absolute atomic E-state index is 0.489. The van der Waals surface area contributed by atoms with Crippen molar-refractivity contribution in [1.29, 1.82) is 0 Å². The van der Waals surface area contributed by atoms with Crippen molar-refractivity contribution in [1.82, 2.24) is 0 Å². The molecule has 0 spiro atoms. The Morgan fingerprint density at radius 3 is 2.36 bits per heavy atom. The van der Waals surface area contributed by atoms with E-state index < -0.39 is 0 Å². The molecule has 2 unspecified atom stereocenters. The molecule has 0 saturated heterocycles. The summed E-state index contributed by atoms with van der Waals surface area (Å²) >= 11 is 0. The summed E-state index contributed by atoms with van der Waals surface area (Å²) in [6.45, 7) is 15.8. The van der Waals surface area contributed by atoms with Crippen LogP contribution in [0.1, 0.15) is 67.7 Å². The number of hydrogen-bond donors (Lipinski definition) is 0. The van der Waals surface area contributed by atoms with Crippen molar-refractivity contribution >= 4 is 0 Å². The molecule has 0 aromatic heterocycles. The third kappa shape index (κ3) is 4.62. The minimum Gasteiger partial charge on any atom is -0.121 e. The second kappa shape index (κ2) is 9.01. The number of rotatable bonds is 6. The zero-order valence-electron chi connectivity index (χ0n) is 15.7. The molecule has 0 nitrogen and oxygen atoms in total. The maximum Gasteiger partial charge on any atom is 0.00597 e. The molecule has 0 heteroatoms. The summed E-state index contributed by atoms with van der Waals surface area (Å²) in [5.74, 6) is 1.76. The molecule has 0 N–H and O–H groups in total. The van der Waals surface area contributed by atoms with Gasteiger partial charge in [-0.1, -0.05) is 58.8 Å². The monoisotopic (exact) mass is 298 g/mol. The zero-order chi connectivity index (χ0) is 16.7. The van der Waals surface area contributed by atoms with E-state index in [0.717, 1.165) is 0 Å². The Hall–Kier alpha value is -1.26. The first kappa shape index (κ1) is 18.8. The van der Waals surface area contributed by atoms with Gasteiger partial charge in [0.1, 0.15) is 0 Å². The molecule has 2 atom stereocenters. The summed E-state index contributed by atoms with van der Waals surface area (Å²) < 4.78 is 0. The fourth-order valence-electron chi connectivity index (χ4n) is 3.17. The maximum atomic E-state index is 3.66. The van der Waals surface area contributed by atoms with Crippen LogP contribution < -0.4 is 0 Å². The van der Waals surface area contributed by atoms with Crippen molar-refractivity contribution in [2.45, 2.75) is 67.7 Å². The third-order valence-electron chi connectivity index (χ3n) is 5.19. The van der Waals surface area contributed by atoms with Crippen molar-refractivity contribution in [2.24, 2.45) is 17.8 Å². The van der Waals surface area contributed by atoms with E-state index in [1.54, 1.807) is 0 Å². The van der Waals surface area contributed by atoms with Crippen molar-refractivity contribution in [2.75, 3.05) is 0 Å². The van der Waals surface area contributed by atoms with Crippen molar-refractivity contribution in [3.63, 3.8) is 0 Å². The molecule has 122 valence electrons. The predicted molar refractivity (Wildman–Crippen MR) is 99.9 cm³/mol. The largest absolute Gasteiger partial charge is 0.121 e. The number of allylic oxidation sites excluding steroid dienone is 7. The Morgan fingerprint density at radius 1 is 1.23 bits per heavy atom. The number of hydrogen-bond acceptors (Lipinski definition) is 0. The highest BCUT2D eigenvalue weighted by Crippen LogP contribution is 2.31. The van der Waals surface area contributed by atoms with Gasteiger partial charge in [-0.05, 0) is 67.4 Å². The SMILES string of the molecule is CC=C(C)C1=CC(C(CC)CC)C=C=C(C(C)CC)C(C)=C1. The van der Waals surface area contributed by atoms with Gasteiger partial charge in [0.2, 0.25) is 0 Å². The summed E-state index contributed by atoms with van der Waals surface area (Å²) in [6, 6.07) is 0. The molecule has 0 aromatic rings. The van der Waals surface area contributed by atoms with Crippen molar-refractivity contribution in [3.8, 4) is 0 Å². The lowest BCUT2D eigenvalue weighted by molar-refractivity contribution is 0.424. The van der Waals surface area contributed by atoms with E-state index in [0.29, 0.717) is 17.8 Å². The van der Waals surface area contributed by atoms with E-state index in [1.807, 2.05) is 0 Å². The van der Waals surface area contributed by atoms with Gasteiger partial charge in [0.05, 0.1) is 0 Å². The Bertz CT molecular complexity index is 514. The van der Waals surface area contributed by atoms with Gasteiger partial charge in [-0.25, -0.2) is 0 Å². The van der Waals surface area contributed by atoms with Gasteiger partial charge in [-0.3, -0.25) is 0 Å². The van der Waals surface area contributed by atoms with Gasteiger partial charge in [0.15, 0.2) is 0 Å². The highest BCUT2D eigenvalue weighted by molar-refractivity contribution is 5.47. The Morgan fingerprint density at radius 2 is 1.86 bits per heavy atom. The summed E-state index contributed by atoms with van der Waals surface area (Å²) in [5, 5.41) is 0. The molecule has 0 heterocycles. The molecule has 1 aliphatic carbocycles. The highest BCUT2D eigenvalue weighted by atomic mass is 14.2. The van der Waals surface area contributed by atoms with Gasteiger partial charge in [-0.15, -0.1) is 5.73 Å². The van der Waals surface area contributed by atoms with Gasteiger partial charge in [-0.2, -0.15) is 0 Å². The van der Waals surface area contributed by atoms with E-state index in [-0.39, 0.29) is 0 Å². The first-order chi connectivity index (χ1) is 10.5. The highest BCUT2D eigenvalue weighted by Gasteiger charge is 2.17. The van der Waals surface area contributed by atoms with Gasteiger partial charge in [0.25, 0.3) is 0 Å². The molecule has 0 aliphatic heterocycles. The molecular formula is C22H34. The van der Waals surface area contributed by atoms with Crippen LogP contribution in [0.3, 0.4) is 0 Å². The summed E-state index contributed by atoms with van der Waals surface area (Å²) in [7, 11) is 0. The minimum atomic E-state index is 0.489. The molecule has 0 bridgehead atoms. The first-order valence-electron chi connectivity index (χ1n) is 8.98. The van der Waals surface area contributed by atoms with E-state index >= 15 is 0 Å². The van der Waals surface area contributed by atoms with Crippen LogP contribution in [0.15, 0.2) is 52.3 Å².